The Morgan fingerprint density at radius 3 is 2.22 bits per heavy atom. The maximum absolute atomic E-state index is 11.2. The van der Waals surface area contributed by atoms with Gasteiger partial charge in [0.15, 0.2) is 0 Å². The summed E-state index contributed by atoms with van der Waals surface area (Å²) in [6.45, 7) is 2.55. The smallest absolute Gasteiger partial charge is 0.342 e. The highest BCUT2D eigenvalue weighted by molar-refractivity contribution is 5.68. The first-order valence-corrected chi connectivity index (χ1v) is 6.71. The van der Waals surface area contributed by atoms with E-state index in [0.29, 0.717) is 19.4 Å². The molecule has 0 fully saturated rings. The SMILES string of the molecule is CCCCCOOC(=O)CCCCCCC(=O)O. The lowest BCUT2D eigenvalue weighted by Gasteiger charge is -2.03. The van der Waals surface area contributed by atoms with Crippen molar-refractivity contribution in [3.05, 3.63) is 0 Å². The number of hydrogen-bond donors (Lipinski definition) is 1. The van der Waals surface area contributed by atoms with E-state index in [1.807, 2.05) is 0 Å². The van der Waals surface area contributed by atoms with Crippen LogP contribution in [0.3, 0.4) is 0 Å². The van der Waals surface area contributed by atoms with Crippen molar-refractivity contribution in [2.75, 3.05) is 6.61 Å². The minimum Gasteiger partial charge on any atom is -0.481 e. The van der Waals surface area contributed by atoms with E-state index in [2.05, 4.69) is 11.8 Å². The van der Waals surface area contributed by atoms with Crippen molar-refractivity contribution >= 4 is 11.9 Å². The largest absolute Gasteiger partial charge is 0.481 e. The molecule has 0 saturated heterocycles. The van der Waals surface area contributed by atoms with Crippen LogP contribution in [0.1, 0.15) is 64.7 Å². The summed E-state index contributed by atoms with van der Waals surface area (Å²) in [7, 11) is 0. The molecule has 0 saturated carbocycles. The average molecular weight is 260 g/mol. The third-order valence-electron chi connectivity index (χ3n) is 2.50. The zero-order chi connectivity index (χ0) is 13.6. The van der Waals surface area contributed by atoms with Gasteiger partial charge < -0.3 is 5.11 Å². The van der Waals surface area contributed by atoms with E-state index in [9.17, 15) is 9.59 Å². The van der Waals surface area contributed by atoms with E-state index in [4.69, 9.17) is 9.99 Å². The van der Waals surface area contributed by atoms with Crippen LogP contribution in [0.15, 0.2) is 0 Å². The number of carbonyl (C=O) groups excluding carboxylic acids is 1. The number of hydrogen-bond acceptors (Lipinski definition) is 4. The number of carboxylic acid groups (broad SMARTS) is 1. The summed E-state index contributed by atoms with van der Waals surface area (Å²) in [5.41, 5.74) is 0. The maximum atomic E-state index is 11.2. The van der Waals surface area contributed by atoms with Gasteiger partial charge in [0.05, 0.1) is 6.61 Å². The Morgan fingerprint density at radius 1 is 0.944 bits per heavy atom. The summed E-state index contributed by atoms with van der Waals surface area (Å²) < 4.78 is 0. The zero-order valence-corrected chi connectivity index (χ0v) is 11.2. The average Bonchev–Trinajstić information content (AvgIpc) is 2.33. The zero-order valence-electron chi connectivity index (χ0n) is 11.2. The van der Waals surface area contributed by atoms with Gasteiger partial charge in [-0.1, -0.05) is 32.6 Å². The lowest BCUT2D eigenvalue weighted by atomic mass is 10.1. The summed E-state index contributed by atoms with van der Waals surface area (Å²) in [5.74, 6) is -1.11. The van der Waals surface area contributed by atoms with E-state index >= 15 is 0 Å². The number of unbranched alkanes of at least 4 members (excludes halogenated alkanes) is 5. The molecule has 18 heavy (non-hydrogen) atoms. The van der Waals surface area contributed by atoms with E-state index in [1.165, 1.54) is 0 Å². The first-order valence-electron chi connectivity index (χ1n) is 6.71. The van der Waals surface area contributed by atoms with Gasteiger partial charge in [0.2, 0.25) is 0 Å². The van der Waals surface area contributed by atoms with Crippen LogP contribution >= 0.6 is 0 Å². The molecule has 0 aromatic heterocycles. The molecule has 0 amide bonds. The van der Waals surface area contributed by atoms with E-state index in [1.54, 1.807) is 0 Å². The molecule has 0 radical (unpaired) electrons. The Labute approximate surface area is 108 Å². The van der Waals surface area contributed by atoms with Gasteiger partial charge in [0.1, 0.15) is 0 Å². The number of rotatable bonds is 12. The van der Waals surface area contributed by atoms with Crippen LogP contribution in [-0.2, 0) is 19.4 Å². The normalized spacial score (nSPS) is 10.3. The molecule has 0 spiro atoms. The summed E-state index contributed by atoms with van der Waals surface area (Å²) in [6, 6.07) is 0. The molecule has 0 heterocycles. The molecule has 0 aromatic rings. The molecule has 0 aliphatic heterocycles. The Bertz CT molecular complexity index is 227. The van der Waals surface area contributed by atoms with Crippen LogP contribution in [0.25, 0.3) is 0 Å². The van der Waals surface area contributed by atoms with Crippen molar-refractivity contribution in [2.45, 2.75) is 64.7 Å². The van der Waals surface area contributed by atoms with Crippen LogP contribution in [0, 0.1) is 0 Å². The molecule has 5 nitrogen and oxygen atoms in total. The van der Waals surface area contributed by atoms with E-state index in [0.717, 1.165) is 38.5 Å². The molecule has 0 unspecified atom stereocenters. The first-order chi connectivity index (χ1) is 8.66. The second-order valence-corrected chi connectivity index (χ2v) is 4.29. The minimum atomic E-state index is -0.769. The van der Waals surface area contributed by atoms with Crippen LogP contribution in [0.4, 0.5) is 0 Å². The molecule has 0 aliphatic rings. The fourth-order valence-corrected chi connectivity index (χ4v) is 1.46. The van der Waals surface area contributed by atoms with Gasteiger partial charge in [-0.3, -0.25) is 9.68 Å². The molecule has 106 valence electrons. The van der Waals surface area contributed by atoms with Gasteiger partial charge in [0, 0.05) is 12.8 Å². The van der Waals surface area contributed by atoms with Crippen LogP contribution < -0.4 is 0 Å². The van der Waals surface area contributed by atoms with Crippen molar-refractivity contribution in [2.24, 2.45) is 0 Å². The highest BCUT2D eigenvalue weighted by Crippen LogP contribution is 2.06. The summed E-state index contributed by atoms with van der Waals surface area (Å²) in [4.78, 5) is 30.8. The summed E-state index contributed by atoms with van der Waals surface area (Å²) in [5, 5.41) is 8.43. The standard InChI is InChI=1S/C13H24O5/c1-2-3-8-11-17-18-13(16)10-7-5-4-6-9-12(14)15/h2-11H2,1H3,(H,14,15). The molecule has 0 aromatic carbocycles. The predicted octanol–water partition coefficient (Wildman–Crippen LogP) is 3.08. The number of carbonyl (C=O) groups is 2. The molecule has 5 heteroatoms. The minimum absolute atomic E-state index is 0.199. The number of carboxylic acids is 1. The van der Waals surface area contributed by atoms with Crippen molar-refractivity contribution in [1.29, 1.82) is 0 Å². The lowest BCUT2D eigenvalue weighted by Crippen LogP contribution is -2.06. The molecular formula is C13H24O5. The highest BCUT2D eigenvalue weighted by Gasteiger charge is 2.04. The van der Waals surface area contributed by atoms with Crippen molar-refractivity contribution < 1.29 is 24.5 Å². The van der Waals surface area contributed by atoms with Gasteiger partial charge in [-0.2, -0.15) is 4.89 Å². The van der Waals surface area contributed by atoms with Crippen molar-refractivity contribution in [3.8, 4) is 0 Å². The Hall–Kier alpha value is -1.10. The van der Waals surface area contributed by atoms with Crippen LogP contribution in [0.2, 0.25) is 0 Å². The lowest BCUT2D eigenvalue weighted by molar-refractivity contribution is -0.272. The third kappa shape index (κ3) is 13.0. The Balaban J connectivity index is 3.19. The molecule has 0 aliphatic carbocycles. The van der Waals surface area contributed by atoms with E-state index in [-0.39, 0.29) is 12.4 Å². The first kappa shape index (κ1) is 16.9. The topological polar surface area (TPSA) is 72.8 Å². The molecule has 1 N–H and O–H groups in total. The van der Waals surface area contributed by atoms with Gasteiger partial charge in [-0.25, -0.2) is 4.79 Å². The fraction of sp³-hybridized carbons (Fsp3) is 0.846. The third-order valence-corrected chi connectivity index (χ3v) is 2.50. The van der Waals surface area contributed by atoms with E-state index < -0.39 is 5.97 Å². The Morgan fingerprint density at radius 2 is 1.61 bits per heavy atom. The van der Waals surface area contributed by atoms with Gasteiger partial charge in [-0.05, 0) is 19.3 Å². The van der Waals surface area contributed by atoms with Gasteiger partial charge >= 0.3 is 11.9 Å². The van der Waals surface area contributed by atoms with Crippen LogP contribution in [0.5, 0.6) is 0 Å². The summed E-state index contributed by atoms with van der Waals surface area (Å²) >= 11 is 0. The van der Waals surface area contributed by atoms with Crippen molar-refractivity contribution in [3.63, 3.8) is 0 Å². The molecule has 0 bridgehead atoms. The Kier molecular flexibility index (Phi) is 11.6. The summed E-state index contributed by atoms with van der Waals surface area (Å²) in [6.07, 6.45) is 6.67. The quantitative estimate of drug-likeness (QED) is 0.331. The second kappa shape index (κ2) is 12.4. The molecule has 0 atom stereocenters. The second-order valence-electron chi connectivity index (χ2n) is 4.29. The number of aliphatic carboxylic acids is 1. The highest BCUT2D eigenvalue weighted by atomic mass is 17.2. The van der Waals surface area contributed by atoms with Crippen molar-refractivity contribution in [1.82, 2.24) is 0 Å². The maximum Gasteiger partial charge on any atom is 0.342 e. The molecule has 0 rings (SSSR count). The molecular weight excluding hydrogens is 236 g/mol. The van der Waals surface area contributed by atoms with Gasteiger partial charge in [-0.15, -0.1) is 0 Å². The monoisotopic (exact) mass is 260 g/mol. The van der Waals surface area contributed by atoms with Crippen LogP contribution in [-0.4, -0.2) is 23.7 Å². The van der Waals surface area contributed by atoms with Gasteiger partial charge in [0.25, 0.3) is 0 Å². The fourth-order valence-electron chi connectivity index (χ4n) is 1.46. The predicted molar refractivity (Wildman–Crippen MR) is 66.9 cm³/mol.